The van der Waals surface area contributed by atoms with Gasteiger partial charge in [0.05, 0.1) is 26.9 Å². The number of ether oxygens (including phenoxy) is 3. The lowest BCUT2D eigenvalue weighted by Gasteiger charge is -2.11. The van der Waals surface area contributed by atoms with Crippen LogP contribution in [0.25, 0.3) is 0 Å². The molecule has 0 aliphatic carbocycles. The molecule has 1 aromatic carbocycles. The summed E-state index contributed by atoms with van der Waals surface area (Å²) in [6.07, 6.45) is 0. The third kappa shape index (κ3) is 4.76. The zero-order valence-corrected chi connectivity index (χ0v) is 11.3. The van der Waals surface area contributed by atoms with Crippen LogP contribution in [0.1, 0.15) is 18.1 Å². The van der Waals surface area contributed by atoms with E-state index in [1.165, 1.54) is 0 Å². The first-order valence-electron chi connectivity index (χ1n) is 6.03. The average Bonchev–Trinajstić information content (AvgIpc) is 2.46. The van der Waals surface area contributed by atoms with Crippen LogP contribution in [-0.4, -0.2) is 38.0 Å². The summed E-state index contributed by atoms with van der Waals surface area (Å²) in [6, 6.07) is 5.25. The maximum absolute atomic E-state index is 8.66. The third-order valence-electron chi connectivity index (χ3n) is 2.52. The van der Waals surface area contributed by atoms with Crippen LogP contribution in [0.3, 0.4) is 0 Å². The van der Waals surface area contributed by atoms with E-state index in [-0.39, 0.29) is 5.84 Å². The number of benzene rings is 1. The number of nitrogens with two attached hydrogens (primary N) is 1. The van der Waals surface area contributed by atoms with Crippen LogP contribution in [0.15, 0.2) is 23.4 Å². The van der Waals surface area contributed by atoms with Crippen molar-refractivity contribution in [3.63, 3.8) is 0 Å². The number of amidine groups is 1. The Morgan fingerprint density at radius 3 is 2.68 bits per heavy atom. The molecule has 0 bridgehead atoms. The van der Waals surface area contributed by atoms with Crippen LogP contribution < -0.4 is 10.5 Å². The molecule has 0 unspecified atom stereocenters. The summed E-state index contributed by atoms with van der Waals surface area (Å²) in [4.78, 5) is 0. The Kier molecular flexibility index (Phi) is 6.70. The van der Waals surface area contributed by atoms with E-state index in [4.69, 9.17) is 25.2 Å². The molecule has 6 nitrogen and oxygen atoms in total. The van der Waals surface area contributed by atoms with E-state index in [0.717, 1.165) is 5.56 Å². The van der Waals surface area contributed by atoms with E-state index >= 15 is 0 Å². The summed E-state index contributed by atoms with van der Waals surface area (Å²) < 4.78 is 15.9. The van der Waals surface area contributed by atoms with E-state index in [9.17, 15) is 0 Å². The van der Waals surface area contributed by atoms with Gasteiger partial charge >= 0.3 is 0 Å². The first-order chi connectivity index (χ1) is 9.22. The quantitative estimate of drug-likeness (QED) is 0.244. The lowest BCUT2D eigenvalue weighted by atomic mass is 10.1. The Hall–Kier alpha value is -1.79. The van der Waals surface area contributed by atoms with Crippen LogP contribution in [-0.2, 0) is 16.1 Å². The summed E-state index contributed by atoms with van der Waals surface area (Å²) in [5.74, 6) is 0.754. The molecule has 19 heavy (non-hydrogen) atoms. The standard InChI is InChI=1S/C13H20N2O4/c1-3-18-6-7-19-9-11-8-10(13(14)15-16)4-5-12(11)17-2/h4-5,8,16H,3,6-7,9H2,1-2H3,(H2,14,15). The summed E-state index contributed by atoms with van der Waals surface area (Å²) in [5.41, 5.74) is 7.00. The molecule has 1 rings (SSSR count). The highest BCUT2D eigenvalue weighted by Crippen LogP contribution is 2.20. The van der Waals surface area contributed by atoms with Crippen molar-refractivity contribution in [1.29, 1.82) is 0 Å². The number of oxime groups is 1. The van der Waals surface area contributed by atoms with Crippen LogP contribution >= 0.6 is 0 Å². The first kappa shape index (κ1) is 15.3. The summed E-state index contributed by atoms with van der Waals surface area (Å²) in [6.45, 7) is 4.04. The highest BCUT2D eigenvalue weighted by molar-refractivity contribution is 5.97. The summed E-state index contributed by atoms with van der Waals surface area (Å²) in [5, 5.41) is 11.6. The number of methoxy groups -OCH3 is 1. The molecule has 0 atom stereocenters. The van der Waals surface area contributed by atoms with Gasteiger partial charge in [0.1, 0.15) is 5.75 Å². The Labute approximate surface area is 112 Å². The average molecular weight is 268 g/mol. The van der Waals surface area contributed by atoms with Crippen molar-refractivity contribution in [2.45, 2.75) is 13.5 Å². The van der Waals surface area contributed by atoms with Gasteiger partial charge in [-0.15, -0.1) is 0 Å². The van der Waals surface area contributed by atoms with Gasteiger partial charge in [-0.05, 0) is 25.1 Å². The molecule has 0 spiro atoms. The number of nitrogens with zero attached hydrogens (tertiary/aromatic N) is 1. The molecule has 6 heteroatoms. The lowest BCUT2D eigenvalue weighted by Crippen LogP contribution is -2.14. The van der Waals surface area contributed by atoms with Crippen molar-refractivity contribution in [3.05, 3.63) is 29.3 Å². The molecule has 1 aromatic rings. The van der Waals surface area contributed by atoms with Gasteiger partial charge in [-0.25, -0.2) is 0 Å². The molecule has 0 aliphatic heterocycles. The minimum atomic E-state index is 0.0539. The molecule has 0 radical (unpaired) electrons. The van der Waals surface area contributed by atoms with E-state index in [1.54, 1.807) is 25.3 Å². The van der Waals surface area contributed by atoms with Crippen molar-refractivity contribution >= 4 is 5.84 Å². The highest BCUT2D eigenvalue weighted by atomic mass is 16.5. The fourth-order valence-corrected chi connectivity index (χ4v) is 1.55. The van der Waals surface area contributed by atoms with Gasteiger partial charge in [0.15, 0.2) is 5.84 Å². The number of hydrogen-bond acceptors (Lipinski definition) is 5. The van der Waals surface area contributed by atoms with Gasteiger partial charge < -0.3 is 25.2 Å². The summed E-state index contributed by atoms with van der Waals surface area (Å²) >= 11 is 0. The Morgan fingerprint density at radius 1 is 1.32 bits per heavy atom. The molecular weight excluding hydrogens is 248 g/mol. The normalized spacial score (nSPS) is 11.6. The molecule has 0 amide bonds. The van der Waals surface area contributed by atoms with E-state index in [0.29, 0.717) is 37.7 Å². The molecule has 0 saturated heterocycles. The van der Waals surface area contributed by atoms with Crippen molar-refractivity contribution < 1.29 is 19.4 Å². The van der Waals surface area contributed by atoms with E-state index in [2.05, 4.69) is 5.16 Å². The zero-order valence-electron chi connectivity index (χ0n) is 11.3. The molecule has 0 heterocycles. The molecule has 0 aromatic heterocycles. The maximum atomic E-state index is 8.66. The second kappa shape index (κ2) is 8.34. The first-order valence-corrected chi connectivity index (χ1v) is 6.03. The molecule has 0 fully saturated rings. The van der Waals surface area contributed by atoms with Gasteiger partial charge in [0.2, 0.25) is 0 Å². The van der Waals surface area contributed by atoms with Crippen molar-refractivity contribution in [2.75, 3.05) is 26.9 Å². The van der Waals surface area contributed by atoms with Gasteiger partial charge in [-0.2, -0.15) is 0 Å². The van der Waals surface area contributed by atoms with Gasteiger partial charge in [-0.3, -0.25) is 0 Å². The van der Waals surface area contributed by atoms with Crippen molar-refractivity contribution in [1.82, 2.24) is 0 Å². The minimum Gasteiger partial charge on any atom is -0.496 e. The fraction of sp³-hybridized carbons (Fsp3) is 0.462. The molecule has 106 valence electrons. The minimum absolute atomic E-state index is 0.0539. The second-order valence-corrected chi connectivity index (χ2v) is 3.76. The van der Waals surface area contributed by atoms with Crippen LogP contribution in [0.2, 0.25) is 0 Å². The number of rotatable bonds is 8. The largest absolute Gasteiger partial charge is 0.496 e. The topological polar surface area (TPSA) is 86.3 Å². The van der Waals surface area contributed by atoms with Crippen molar-refractivity contribution in [2.24, 2.45) is 10.9 Å². The van der Waals surface area contributed by atoms with Gasteiger partial charge in [0, 0.05) is 17.7 Å². The van der Waals surface area contributed by atoms with Crippen molar-refractivity contribution in [3.8, 4) is 5.75 Å². The Morgan fingerprint density at radius 2 is 2.05 bits per heavy atom. The Balaban J connectivity index is 2.68. The fourth-order valence-electron chi connectivity index (χ4n) is 1.55. The summed E-state index contributed by atoms with van der Waals surface area (Å²) in [7, 11) is 1.59. The van der Waals surface area contributed by atoms with E-state index < -0.39 is 0 Å². The van der Waals surface area contributed by atoms with Crippen LogP contribution in [0, 0.1) is 0 Å². The van der Waals surface area contributed by atoms with E-state index in [1.807, 2.05) is 6.92 Å². The smallest absolute Gasteiger partial charge is 0.170 e. The monoisotopic (exact) mass is 268 g/mol. The van der Waals surface area contributed by atoms with Crippen LogP contribution in [0.4, 0.5) is 0 Å². The maximum Gasteiger partial charge on any atom is 0.170 e. The SMILES string of the molecule is CCOCCOCc1cc(/C(N)=N/O)ccc1OC. The predicted molar refractivity (Wildman–Crippen MR) is 71.7 cm³/mol. The Bertz CT molecular complexity index is 421. The third-order valence-corrected chi connectivity index (χ3v) is 2.52. The number of hydrogen-bond donors (Lipinski definition) is 2. The molecule has 3 N–H and O–H groups in total. The van der Waals surface area contributed by atoms with Gasteiger partial charge in [-0.1, -0.05) is 5.16 Å². The second-order valence-electron chi connectivity index (χ2n) is 3.76. The molecular formula is C13H20N2O4. The van der Waals surface area contributed by atoms with Crippen LogP contribution in [0.5, 0.6) is 5.75 Å². The van der Waals surface area contributed by atoms with Gasteiger partial charge in [0.25, 0.3) is 0 Å². The highest BCUT2D eigenvalue weighted by Gasteiger charge is 2.07. The molecule has 0 saturated carbocycles. The zero-order chi connectivity index (χ0) is 14.1. The molecule has 0 aliphatic rings. The lowest BCUT2D eigenvalue weighted by molar-refractivity contribution is 0.0446. The predicted octanol–water partition coefficient (Wildman–Crippen LogP) is 1.34.